The van der Waals surface area contributed by atoms with Crippen LogP contribution in [0.15, 0.2) is 62.2 Å². The molecule has 9 nitrogen and oxygen atoms in total. The number of H-pyrrole nitrogens is 1. The number of hydrogen-bond acceptors (Lipinski definition) is 8. The lowest BCUT2D eigenvalue weighted by molar-refractivity contribution is 0.414. The van der Waals surface area contributed by atoms with Gasteiger partial charge in [-0.3, -0.25) is 14.6 Å². The van der Waals surface area contributed by atoms with Crippen LogP contribution in [0.5, 0.6) is 29.0 Å². The number of nitrogens with zero attached hydrogens (tertiary/aromatic N) is 1. The van der Waals surface area contributed by atoms with Gasteiger partial charge in [0.05, 0.1) is 13.3 Å². The maximum Gasteiger partial charge on any atom is 0.302 e. The minimum absolute atomic E-state index is 0.0109. The van der Waals surface area contributed by atoms with Crippen molar-refractivity contribution >= 4 is 11.0 Å². The van der Waals surface area contributed by atoms with Crippen LogP contribution in [0, 0.1) is 5.82 Å². The number of halogens is 1. The van der Waals surface area contributed by atoms with Crippen LogP contribution in [0.4, 0.5) is 4.39 Å². The first-order chi connectivity index (χ1) is 16.7. The van der Waals surface area contributed by atoms with Gasteiger partial charge in [-0.2, -0.15) is 4.39 Å². The average Bonchev–Trinajstić information content (AvgIpc) is 2.83. The van der Waals surface area contributed by atoms with Gasteiger partial charge in [-0.25, -0.2) is 4.98 Å². The molecule has 180 valence electrons. The van der Waals surface area contributed by atoms with Crippen molar-refractivity contribution in [2.24, 2.45) is 0 Å². The third-order valence-corrected chi connectivity index (χ3v) is 5.19. The smallest absolute Gasteiger partial charge is 0.302 e. The normalized spacial score (nSPS) is 10.9. The first-order valence-electron chi connectivity index (χ1n) is 10.4. The number of hydrogen-bond donors (Lipinski definition) is 3. The molecule has 35 heavy (non-hydrogen) atoms. The highest BCUT2D eigenvalue weighted by molar-refractivity contribution is 5.91. The summed E-state index contributed by atoms with van der Waals surface area (Å²) in [6, 6.07) is 7.29. The molecule has 2 aromatic carbocycles. The summed E-state index contributed by atoms with van der Waals surface area (Å²) >= 11 is 0. The van der Waals surface area contributed by atoms with Crippen LogP contribution in [0.25, 0.3) is 22.3 Å². The number of nitrogens with one attached hydrogen (secondary N) is 1. The minimum Gasteiger partial charge on any atom is -0.507 e. The van der Waals surface area contributed by atoms with Gasteiger partial charge in [0, 0.05) is 17.2 Å². The van der Waals surface area contributed by atoms with E-state index in [2.05, 4.69) is 9.97 Å². The van der Waals surface area contributed by atoms with Crippen molar-refractivity contribution in [3.63, 3.8) is 0 Å². The van der Waals surface area contributed by atoms with E-state index in [1.165, 1.54) is 7.11 Å². The Morgan fingerprint density at radius 3 is 2.54 bits per heavy atom. The summed E-state index contributed by atoms with van der Waals surface area (Å²) in [4.78, 5) is 30.5. The van der Waals surface area contributed by atoms with Crippen LogP contribution in [-0.2, 0) is 6.42 Å². The fourth-order valence-corrected chi connectivity index (χ4v) is 3.41. The summed E-state index contributed by atoms with van der Waals surface area (Å²) in [5.41, 5.74) is -0.238. The van der Waals surface area contributed by atoms with Crippen molar-refractivity contribution in [1.29, 1.82) is 0 Å². The maximum atomic E-state index is 13.3. The number of fused-ring (bicyclic) bond motifs is 1. The van der Waals surface area contributed by atoms with E-state index >= 15 is 0 Å². The third-order valence-electron chi connectivity index (χ3n) is 5.19. The van der Waals surface area contributed by atoms with Crippen molar-refractivity contribution in [2.75, 3.05) is 7.11 Å². The topological polar surface area (TPSA) is 135 Å². The number of aromatic nitrogens is 2. The summed E-state index contributed by atoms with van der Waals surface area (Å²) in [5.74, 6) is -1.83. The fraction of sp³-hybridized carbons (Fsp3) is 0.160. The van der Waals surface area contributed by atoms with Crippen molar-refractivity contribution in [1.82, 2.24) is 9.97 Å². The standard InChI is InChI=1S/C25H21FN2O7/c1-12(2)4-9-15-18(34-25-27-11-16(26)24(32)28-25)10-17(29)19-20(30)21(31)22(35-23(15)19)13-5-7-14(33-3)8-6-13/h4-8,10-11,29,31H,9H2,1-3H3,(H,27,28,32). The zero-order chi connectivity index (χ0) is 25.3. The zero-order valence-electron chi connectivity index (χ0n) is 19.0. The fourth-order valence-electron chi connectivity index (χ4n) is 3.41. The second kappa shape index (κ2) is 9.34. The van der Waals surface area contributed by atoms with Crippen LogP contribution in [0.1, 0.15) is 19.4 Å². The predicted molar refractivity (Wildman–Crippen MR) is 126 cm³/mol. The number of benzene rings is 2. The Kier molecular flexibility index (Phi) is 6.28. The summed E-state index contributed by atoms with van der Waals surface area (Å²) in [5, 5.41) is 21.0. The molecule has 2 heterocycles. The summed E-state index contributed by atoms with van der Waals surface area (Å²) < 4.78 is 30.1. The number of aromatic hydroxyl groups is 2. The summed E-state index contributed by atoms with van der Waals surface area (Å²) in [7, 11) is 1.51. The van der Waals surface area contributed by atoms with Gasteiger partial charge in [0.2, 0.25) is 17.0 Å². The van der Waals surface area contributed by atoms with Gasteiger partial charge in [0.1, 0.15) is 28.2 Å². The monoisotopic (exact) mass is 480 g/mol. The van der Waals surface area contributed by atoms with E-state index in [1.54, 1.807) is 24.3 Å². The third kappa shape index (κ3) is 4.58. The first-order valence-corrected chi connectivity index (χ1v) is 10.4. The quantitative estimate of drug-likeness (QED) is 0.346. The molecule has 0 aliphatic carbocycles. The van der Waals surface area contributed by atoms with Gasteiger partial charge >= 0.3 is 6.01 Å². The van der Waals surface area contributed by atoms with Gasteiger partial charge in [-0.05, 0) is 44.5 Å². The molecule has 4 aromatic rings. The molecular formula is C25H21FN2O7. The number of phenolic OH excluding ortho intramolecular Hbond substituents is 1. The molecule has 0 saturated carbocycles. The van der Waals surface area contributed by atoms with E-state index in [0.29, 0.717) is 23.1 Å². The zero-order valence-corrected chi connectivity index (χ0v) is 19.0. The molecule has 0 bridgehead atoms. The molecule has 0 spiro atoms. The molecule has 0 fully saturated rings. The lowest BCUT2D eigenvalue weighted by Gasteiger charge is -2.14. The molecule has 4 rings (SSSR count). The second-order valence-electron chi connectivity index (χ2n) is 7.87. The Hall–Kier alpha value is -4.60. The molecule has 0 amide bonds. The highest BCUT2D eigenvalue weighted by Crippen LogP contribution is 2.40. The van der Waals surface area contributed by atoms with Gasteiger partial charge < -0.3 is 24.1 Å². The lowest BCUT2D eigenvalue weighted by atomic mass is 10.0. The number of ether oxygens (including phenoxy) is 2. The molecule has 0 atom stereocenters. The van der Waals surface area contributed by atoms with E-state index in [0.717, 1.165) is 11.6 Å². The molecule has 0 aliphatic heterocycles. The Morgan fingerprint density at radius 2 is 1.91 bits per heavy atom. The first kappa shape index (κ1) is 23.6. The number of allylic oxidation sites excluding steroid dienone is 2. The molecule has 0 aliphatic rings. The van der Waals surface area contributed by atoms with Crippen LogP contribution in [0.2, 0.25) is 0 Å². The van der Waals surface area contributed by atoms with Gasteiger partial charge in [0.15, 0.2) is 5.76 Å². The Balaban J connectivity index is 1.99. The van der Waals surface area contributed by atoms with Gasteiger partial charge in [-0.1, -0.05) is 11.6 Å². The number of aromatic amines is 1. The van der Waals surface area contributed by atoms with Crippen molar-refractivity contribution in [3.8, 4) is 40.3 Å². The van der Waals surface area contributed by atoms with E-state index < -0.39 is 28.3 Å². The van der Waals surface area contributed by atoms with Crippen LogP contribution in [0.3, 0.4) is 0 Å². The second-order valence-corrected chi connectivity index (χ2v) is 7.87. The highest BCUT2D eigenvalue weighted by atomic mass is 19.1. The van der Waals surface area contributed by atoms with Crippen LogP contribution >= 0.6 is 0 Å². The maximum absolute atomic E-state index is 13.3. The van der Waals surface area contributed by atoms with Gasteiger partial charge in [0.25, 0.3) is 5.56 Å². The largest absolute Gasteiger partial charge is 0.507 e. The summed E-state index contributed by atoms with van der Waals surface area (Å²) in [6.07, 6.45) is 2.74. The van der Waals surface area contributed by atoms with E-state index in [1.807, 2.05) is 19.9 Å². The Morgan fingerprint density at radius 1 is 1.20 bits per heavy atom. The van der Waals surface area contributed by atoms with Gasteiger partial charge in [-0.15, -0.1) is 0 Å². The lowest BCUT2D eigenvalue weighted by Crippen LogP contribution is -2.12. The number of phenols is 1. The van der Waals surface area contributed by atoms with E-state index in [-0.39, 0.29) is 34.9 Å². The molecular weight excluding hydrogens is 459 g/mol. The minimum atomic E-state index is -1.09. The molecule has 2 aromatic heterocycles. The Bertz CT molecular complexity index is 1570. The molecule has 0 saturated heterocycles. The molecule has 3 N–H and O–H groups in total. The van der Waals surface area contributed by atoms with E-state index in [4.69, 9.17) is 13.9 Å². The van der Waals surface area contributed by atoms with Crippen molar-refractivity contribution in [2.45, 2.75) is 20.3 Å². The summed E-state index contributed by atoms with van der Waals surface area (Å²) in [6.45, 7) is 3.74. The van der Waals surface area contributed by atoms with Crippen LogP contribution in [-0.4, -0.2) is 27.3 Å². The van der Waals surface area contributed by atoms with Crippen molar-refractivity contribution in [3.05, 3.63) is 80.1 Å². The van der Waals surface area contributed by atoms with Crippen LogP contribution < -0.4 is 20.5 Å². The molecule has 10 heteroatoms. The number of methoxy groups -OCH3 is 1. The SMILES string of the molecule is COc1ccc(-c2oc3c(CC=C(C)C)c(Oc4ncc(F)c(=O)[nH]4)cc(O)c3c(=O)c2O)cc1. The van der Waals surface area contributed by atoms with E-state index in [9.17, 15) is 24.2 Å². The van der Waals surface area contributed by atoms with Crippen molar-refractivity contribution < 1.29 is 28.5 Å². The predicted octanol–water partition coefficient (Wildman–Crippen LogP) is 4.40. The number of rotatable bonds is 6. The highest BCUT2D eigenvalue weighted by Gasteiger charge is 2.23. The molecule has 0 radical (unpaired) electrons. The Labute approximate surface area is 197 Å². The molecule has 0 unspecified atom stereocenters. The average molecular weight is 480 g/mol.